The van der Waals surface area contributed by atoms with E-state index in [0.29, 0.717) is 6.54 Å². The molecule has 0 aliphatic rings. The van der Waals surface area contributed by atoms with Crippen LogP contribution in [0, 0.1) is 6.92 Å². The molecule has 2 aromatic heterocycles. The Morgan fingerprint density at radius 1 is 1.25 bits per heavy atom. The van der Waals surface area contributed by atoms with Gasteiger partial charge in [0, 0.05) is 16.6 Å². The summed E-state index contributed by atoms with van der Waals surface area (Å²) in [5.74, 6) is 0. The third-order valence-corrected chi connectivity index (χ3v) is 4.57. The Morgan fingerprint density at radius 2 is 2.00 bits per heavy atom. The van der Waals surface area contributed by atoms with Gasteiger partial charge in [0.2, 0.25) is 0 Å². The van der Waals surface area contributed by atoms with E-state index < -0.39 is 0 Å². The van der Waals surface area contributed by atoms with Crippen molar-refractivity contribution in [2.45, 2.75) is 26.7 Å². The molecule has 20 heavy (non-hydrogen) atoms. The standard InChI is InChI=1S/C16H19N3S/c1-3-14-15(18-16-19(14)11(2)10-20-16)13-6-4-12(5-7-13)8-9-17/h4-7,10H,3,8-9,17H2,1-2H3. The first kappa shape index (κ1) is 13.3. The molecule has 0 radical (unpaired) electrons. The number of aryl methyl sites for hydroxylation is 2. The molecule has 0 spiro atoms. The van der Waals surface area contributed by atoms with E-state index in [1.54, 1.807) is 11.3 Å². The summed E-state index contributed by atoms with van der Waals surface area (Å²) in [5, 5.41) is 2.16. The van der Waals surface area contributed by atoms with Gasteiger partial charge < -0.3 is 5.73 Å². The third kappa shape index (κ3) is 2.15. The topological polar surface area (TPSA) is 43.3 Å². The fourth-order valence-electron chi connectivity index (χ4n) is 2.62. The predicted molar refractivity (Wildman–Crippen MR) is 85.4 cm³/mol. The van der Waals surface area contributed by atoms with Crippen molar-refractivity contribution in [3.8, 4) is 11.3 Å². The summed E-state index contributed by atoms with van der Waals surface area (Å²) in [6.07, 6.45) is 1.91. The lowest BCUT2D eigenvalue weighted by Gasteiger charge is -2.04. The van der Waals surface area contributed by atoms with E-state index in [4.69, 9.17) is 10.7 Å². The van der Waals surface area contributed by atoms with E-state index in [9.17, 15) is 0 Å². The smallest absolute Gasteiger partial charge is 0.194 e. The van der Waals surface area contributed by atoms with Crippen molar-refractivity contribution in [3.05, 3.63) is 46.6 Å². The van der Waals surface area contributed by atoms with Crippen LogP contribution in [0.5, 0.6) is 0 Å². The second-order valence-electron chi connectivity index (χ2n) is 4.99. The van der Waals surface area contributed by atoms with Crippen molar-refractivity contribution in [1.29, 1.82) is 0 Å². The number of rotatable bonds is 4. The summed E-state index contributed by atoms with van der Waals surface area (Å²) < 4.78 is 2.27. The second-order valence-corrected chi connectivity index (χ2v) is 5.83. The van der Waals surface area contributed by atoms with Crippen LogP contribution in [0.3, 0.4) is 0 Å². The lowest BCUT2D eigenvalue weighted by atomic mass is 10.1. The van der Waals surface area contributed by atoms with E-state index in [0.717, 1.165) is 23.5 Å². The maximum absolute atomic E-state index is 5.59. The molecular formula is C16H19N3S. The second kappa shape index (κ2) is 5.38. The van der Waals surface area contributed by atoms with E-state index in [2.05, 4.69) is 47.9 Å². The molecule has 0 bridgehead atoms. The Hall–Kier alpha value is -1.65. The summed E-state index contributed by atoms with van der Waals surface area (Å²) in [5.41, 5.74) is 11.7. The number of fused-ring (bicyclic) bond motifs is 1. The maximum atomic E-state index is 5.59. The van der Waals surface area contributed by atoms with Gasteiger partial charge in [-0.2, -0.15) is 0 Å². The molecule has 0 aliphatic heterocycles. The van der Waals surface area contributed by atoms with Gasteiger partial charge in [-0.1, -0.05) is 31.2 Å². The van der Waals surface area contributed by atoms with E-state index >= 15 is 0 Å². The number of benzene rings is 1. The zero-order valence-electron chi connectivity index (χ0n) is 11.9. The molecule has 1 aromatic carbocycles. The van der Waals surface area contributed by atoms with Gasteiger partial charge in [0.05, 0.1) is 11.4 Å². The average Bonchev–Trinajstić information content (AvgIpc) is 3.00. The van der Waals surface area contributed by atoms with E-state index in [1.807, 2.05) is 0 Å². The van der Waals surface area contributed by atoms with Crippen molar-refractivity contribution in [3.63, 3.8) is 0 Å². The van der Waals surface area contributed by atoms with Crippen molar-refractivity contribution in [2.75, 3.05) is 6.54 Å². The minimum Gasteiger partial charge on any atom is -0.330 e. The molecular weight excluding hydrogens is 266 g/mol. The van der Waals surface area contributed by atoms with Crippen LogP contribution in [0.2, 0.25) is 0 Å². The van der Waals surface area contributed by atoms with Crippen LogP contribution in [0.15, 0.2) is 29.6 Å². The Morgan fingerprint density at radius 3 is 2.65 bits per heavy atom. The molecule has 0 saturated heterocycles. The third-order valence-electron chi connectivity index (χ3n) is 3.62. The SMILES string of the molecule is CCc1c(-c2ccc(CCN)cc2)nc2scc(C)n12. The molecule has 3 aromatic rings. The first-order valence-corrected chi connectivity index (χ1v) is 7.87. The molecule has 3 nitrogen and oxygen atoms in total. The minimum absolute atomic E-state index is 0.693. The van der Waals surface area contributed by atoms with Crippen LogP contribution < -0.4 is 5.73 Å². The highest BCUT2D eigenvalue weighted by molar-refractivity contribution is 7.15. The Labute approximate surface area is 123 Å². The predicted octanol–water partition coefficient (Wildman–Crippen LogP) is 3.43. The van der Waals surface area contributed by atoms with Crippen LogP contribution >= 0.6 is 11.3 Å². The normalized spacial score (nSPS) is 11.3. The summed E-state index contributed by atoms with van der Waals surface area (Å²) in [6, 6.07) is 8.63. The first-order chi connectivity index (χ1) is 9.74. The number of thiazole rings is 1. The van der Waals surface area contributed by atoms with Gasteiger partial charge in [-0.05, 0) is 31.9 Å². The number of imidazole rings is 1. The maximum Gasteiger partial charge on any atom is 0.194 e. The highest BCUT2D eigenvalue weighted by atomic mass is 32.1. The highest BCUT2D eigenvalue weighted by Crippen LogP contribution is 2.28. The lowest BCUT2D eigenvalue weighted by Crippen LogP contribution is -2.02. The highest BCUT2D eigenvalue weighted by Gasteiger charge is 2.15. The summed E-state index contributed by atoms with van der Waals surface area (Å²) in [4.78, 5) is 5.89. The molecule has 0 unspecified atom stereocenters. The van der Waals surface area contributed by atoms with Gasteiger partial charge in [-0.15, -0.1) is 11.3 Å². The molecule has 0 saturated carbocycles. The van der Waals surface area contributed by atoms with Gasteiger partial charge in [0.25, 0.3) is 0 Å². The molecule has 2 heterocycles. The Balaban J connectivity index is 2.09. The van der Waals surface area contributed by atoms with Crippen LogP contribution in [0.1, 0.15) is 23.9 Å². The largest absolute Gasteiger partial charge is 0.330 e. The van der Waals surface area contributed by atoms with Crippen molar-refractivity contribution in [2.24, 2.45) is 5.73 Å². The summed E-state index contributed by atoms with van der Waals surface area (Å²) >= 11 is 1.71. The fraction of sp³-hybridized carbons (Fsp3) is 0.312. The average molecular weight is 285 g/mol. The Bertz CT molecular complexity index is 722. The van der Waals surface area contributed by atoms with E-state index in [-0.39, 0.29) is 0 Å². The molecule has 0 aliphatic carbocycles. The monoisotopic (exact) mass is 285 g/mol. The molecule has 3 rings (SSSR count). The zero-order chi connectivity index (χ0) is 14.1. The van der Waals surface area contributed by atoms with Gasteiger partial charge in [0.1, 0.15) is 0 Å². The molecule has 104 valence electrons. The van der Waals surface area contributed by atoms with Gasteiger partial charge >= 0.3 is 0 Å². The van der Waals surface area contributed by atoms with Crippen LogP contribution in [0.25, 0.3) is 16.2 Å². The van der Waals surface area contributed by atoms with E-state index in [1.165, 1.54) is 22.5 Å². The number of nitrogens with two attached hydrogens (primary N) is 1. The van der Waals surface area contributed by atoms with Crippen molar-refractivity contribution in [1.82, 2.24) is 9.38 Å². The molecule has 0 atom stereocenters. The lowest BCUT2D eigenvalue weighted by molar-refractivity contribution is 0.967. The quantitative estimate of drug-likeness (QED) is 0.798. The number of aromatic nitrogens is 2. The Kier molecular flexibility index (Phi) is 3.59. The minimum atomic E-state index is 0.693. The summed E-state index contributed by atoms with van der Waals surface area (Å²) in [6.45, 7) is 5.02. The van der Waals surface area contributed by atoms with Crippen molar-refractivity contribution < 1.29 is 0 Å². The molecule has 4 heteroatoms. The molecule has 0 fully saturated rings. The van der Waals surface area contributed by atoms with Crippen LogP contribution in [0.4, 0.5) is 0 Å². The fourth-order valence-corrected chi connectivity index (χ4v) is 3.50. The van der Waals surface area contributed by atoms with Crippen LogP contribution in [-0.4, -0.2) is 15.9 Å². The molecule has 2 N–H and O–H groups in total. The number of hydrogen-bond donors (Lipinski definition) is 1. The summed E-state index contributed by atoms with van der Waals surface area (Å²) in [7, 11) is 0. The van der Waals surface area contributed by atoms with Crippen molar-refractivity contribution >= 4 is 16.3 Å². The zero-order valence-corrected chi connectivity index (χ0v) is 12.7. The number of hydrogen-bond acceptors (Lipinski definition) is 3. The van der Waals surface area contributed by atoms with Crippen LogP contribution in [-0.2, 0) is 12.8 Å². The van der Waals surface area contributed by atoms with Gasteiger partial charge in [-0.25, -0.2) is 4.98 Å². The van der Waals surface area contributed by atoms with Gasteiger partial charge in [-0.3, -0.25) is 4.40 Å². The molecule has 0 amide bonds. The van der Waals surface area contributed by atoms with Gasteiger partial charge in [0.15, 0.2) is 4.96 Å². The number of nitrogens with zero attached hydrogens (tertiary/aromatic N) is 2. The first-order valence-electron chi connectivity index (χ1n) is 6.99.